The molecule has 2 bridgehead atoms. The van der Waals surface area contributed by atoms with Crippen molar-refractivity contribution in [3.8, 4) is 0 Å². The van der Waals surface area contributed by atoms with E-state index in [4.69, 9.17) is 9.47 Å². The lowest BCUT2D eigenvalue weighted by molar-refractivity contribution is -0.146. The van der Waals surface area contributed by atoms with E-state index >= 15 is 0 Å². The van der Waals surface area contributed by atoms with Gasteiger partial charge in [0.2, 0.25) is 0 Å². The molecule has 0 amide bonds. The van der Waals surface area contributed by atoms with E-state index in [1.54, 1.807) is 0 Å². The van der Waals surface area contributed by atoms with Crippen molar-refractivity contribution >= 4 is 11.9 Å². The van der Waals surface area contributed by atoms with Gasteiger partial charge in [-0.1, -0.05) is 54.4 Å². The van der Waals surface area contributed by atoms with Crippen molar-refractivity contribution < 1.29 is 19.1 Å². The predicted molar refractivity (Wildman–Crippen MR) is 103 cm³/mol. The van der Waals surface area contributed by atoms with Crippen LogP contribution in [0, 0.1) is 22.7 Å². The van der Waals surface area contributed by atoms with Crippen molar-refractivity contribution in [2.45, 2.75) is 80.1 Å². The lowest BCUT2D eigenvalue weighted by Gasteiger charge is -2.35. The molecule has 148 valence electrons. The van der Waals surface area contributed by atoms with Gasteiger partial charge in [-0.2, -0.15) is 0 Å². The van der Waals surface area contributed by atoms with Gasteiger partial charge in [0.1, 0.15) is 0 Å². The molecule has 1 saturated carbocycles. The number of fused-ring (bicyclic) bond motifs is 4. The number of rotatable bonds is 4. The molecule has 3 rings (SSSR count). The Balaban J connectivity index is 2.31. The molecule has 0 aliphatic heterocycles. The highest BCUT2D eigenvalue weighted by Gasteiger charge is 2.39. The Morgan fingerprint density at radius 1 is 0.731 bits per heavy atom. The molecule has 4 nitrogen and oxygen atoms in total. The molecular weight excluding hydrogens is 328 g/mol. The second-order valence-corrected chi connectivity index (χ2v) is 10.4. The van der Waals surface area contributed by atoms with Crippen LogP contribution in [-0.4, -0.2) is 25.2 Å². The minimum absolute atomic E-state index is 0.0935. The van der Waals surface area contributed by atoms with Crippen molar-refractivity contribution in [3.05, 3.63) is 11.1 Å². The average molecular weight is 365 g/mol. The van der Waals surface area contributed by atoms with Gasteiger partial charge in [0.15, 0.2) is 0 Å². The van der Waals surface area contributed by atoms with Crippen molar-refractivity contribution in [1.82, 2.24) is 0 Å². The highest BCUT2D eigenvalue weighted by molar-refractivity contribution is 6.01. The number of hydrogen-bond donors (Lipinski definition) is 0. The monoisotopic (exact) mass is 364 g/mol. The van der Waals surface area contributed by atoms with Gasteiger partial charge in [-0.05, 0) is 48.3 Å². The Bertz CT molecular complexity index is 510. The summed E-state index contributed by atoms with van der Waals surface area (Å²) in [6, 6.07) is 0. The normalized spacial score (nSPS) is 24.1. The Hall–Kier alpha value is -1.32. The molecule has 1 fully saturated rings. The Morgan fingerprint density at radius 2 is 1.08 bits per heavy atom. The number of carbonyl (C=O) groups excluding carboxylic acids is 2. The van der Waals surface area contributed by atoms with Crippen molar-refractivity contribution in [2.75, 3.05) is 13.2 Å². The fraction of sp³-hybridized carbons (Fsp3) is 0.818. The maximum atomic E-state index is 12.9. The Morgan fingerprint density at radius 3 is 1.38 bits per heavy atom. The first-order valence-electron chi connectivity index (χ1n) is 10.1. The SMILES string of the molecule is CC(C)(C)COC(=O)C1=C(C(=O)OCC(C)(C)C)C2CCCCC1CC2. The van der Waals surface area contributed by atoms with Crippen LogP contribution in [-0.2, 0) is 19.1 Å². The molecular formula is C22H36O4. The van der Waals surface area contributed by atoms with Gasteiger partial charge in [0, 0.05) is 0 Å². The molecule has 3 aliphatic rings. The summed E-state index contributed by atoms with van der Waals surface area (Å²) in [7, 11) is 0. The zero-order chi connectivity index (χ0) is 19.5. The van der Waals surface area contributed by atoms with Gasteiger partial charge in [0.05, 0.1) is 24.4 Å². The van der Waals surface area contributed by atoms with E-state index in [-0.39, 0.29) is 34.6 Å². The highest BCUT2D eigenvalue weighted by atomic mass is 16.5. The third-order valence-electron chi connectivity index (χ3n) is 5.04. The molecule has 4 heteroatoms. The largest absolute Gasteiger partial charge is 0.462 e. The first-order valence-corrected chi connectivity index (χ1v) is 10.1. The Labute approximate surface area is 158 Å². The van der Waals surface area contributed by atoms with Crippen LogP contribution in [0.5, 0.6) is 0 Å². The molecule has 0 radical (unpaired) electrons. The van der Waals surface area contributed by atoms with Crippen molar-refractivity contribution in [1.29, 1.82) is 0 Å². The summed E-state index contributed by atoms with van der Waals surface area (Å²) in [4.78, 5) is 25.9. The van der Waals surface area contributed by atoms with Crippen LogP contribution < -0.4 is 0 Å². The van der Waals surface area contributed by atoms with E-state index in [1.165, 1.54) is 0 Å². The summed E-state index contributed by atoms with van der Waals surface area (Å²) in [5.41, 5.74) is 1.04. The topological polar surface area (TPSA) is 52.6 Å². The maximum absolute atomic E-state index is 12.9. The zero-order valence-corrected chi connectivity index (χ0v) is 17.4. The van der Waals surface area contributed by atoms with Crippen LogP contribution >= 0.6 is 0 Å². The van der Waals surface area contributed by atoms with E-state index in [2.05, 4.69) is 0 Å². The number of carbonyl (C=O) groups is 2. The molecule has 0 aromatic rings. The smallest absolute Gasteiger partial charge is 0.334 e. The first-order chi connectivity index (χ1) is 12.0. The average Bonchev–Trinajstić information content (AvgIpc) is 2.48. The van der Waals surface area contributed by atoms with E-state index < -0.39 is 0 Å². The molecule has 0 aromatic carbocycles. The lowest BCUT2D eigenvalue weighted by atomic mass is 9.70. The van der Waals surface area contributed by atoms with Gasteiger partial charge >= 0.3 is 11.9 Å². The fourth-order valence-electron chi connectivity index (χ4n) is 3.76. The Kier molecular flexibility index (Phi) is 6.57. The summed E-state index contributed by atoms with van der Waals surface area (Å²) in [5.74, 6) is -0.342. The van der Waals surface area contributed by atoms with Crippen LogP contribution in [0.4, 0.5) is 0 Å². The van der Waals surface area contributed by atoms with Gasteiger partial charge < -0.3 is 9.47 Å². The standard InChI is InChI=1S/C22H36O4/c1-21(2,3)13-25-19(23)17-15-9-7-8-10-16(12-11-15)18(17)20(24)26-14-22(4,5)6/h15-16H,7-14H2,1-6H3. The second-order valence-electron chi connectivity index (χ2n) is 10.4. The van der Waals surface area contributed by atoms with Crippen molar-refractivity contribution in [2.24, 2.45) is 22.7 Å². The summed E-state index contributed by atoms with van der Waals surface area (Å²) < 4.78 is 11.2. The minimum Gasteiger partial charge on any atom is -0.462 e. The molecule has 2 atom stereocenters. The first kappa shape index (κ1) is 21.0. The molecule has 0 spiro atoms. The molecule has 0 aromatic heterocycles. The van der Waals surface area contributed by atoms with E-state index in [9.17, 15) is 9.59 Å². The van der Waals surface area contributed by atoms with Gasteiger partial charge in [-0.25, -0.2) is 9.59 Å². The van der Waals surface area contributed by atoms with Crippen LogP contribution in [0.1, 0.15) is 80.1 Å². The quantitative estimate of drug-likeness (QED) is 0.654. The van der Waals surface area contributed by atoms with E-state index in [0.717, 1.165) is 38.5 Å². The second kappa shape index (κ2) is 8.14. The predicted octanol–water partition coefficient (Wildman–Crippen LogP) is 5.06. The van der Waals surface area contributed by atoms with E-state index in [0.29, 0.717) is 24.4 Å². The van der Waals surface area contributed by atoms with Gasteiger partial charge in [0.25, 0.3) is 0 Å². The molecule has 3 aliphatic carbocycles. The number of ether oxygens (including phenoxy) is 2. The lowest BCUT2D eigenvalue weighted by Crippen LogP contribution is -2.33. The summed E-state index contributed by atoms with van der Waals surface area (Å²) in [6.07, 6.45) is 6.09. The van der Waals surface area contributed by atoms with E-state index in [1.807, 2.05) is 41.5 Å². The minimum atomic E-state index is -0.306. The maximum Gasteiger partial charge on any atom is 0.334 e. The summed E-state index contributed by atoms with van der Waals surface area (Å²) in [6.45, 7) is 13.0. The van der Waals surface area contributed by atoms with Crippen molar-refractivity contribution in [3.63, 3.8) is 0 Å². The number of hydrogen-bond acceptors (Lipinski definition) is 4. The third kappa shape index (κ3) is 5.85. The molecule has 26 heavy (non-hydrogen) atoms. The molecule has 0 saturated heterocycles. The summed E-state index contributed by atoms with van der Waals surface area (Å²) in [5, 5.41) is 0. The summed E-state index contributed by atoms with van der Waals surface area (Å²) >= 11 is 0. The molecule has 0 N–H and O–H groups in total. The van der Waals surface area contributed by atoms with Gasteiger partial charge in [-0.3, -0.25) is 0 Å². The fourth-order valence-corrected chi connectivity index (χ4v) is 3.76. The van der Waals surface area contributed by atoms with Crippen LogP contribution in [0.2, 0.25) is 0 Å². The number of esters is 2. The third-order valence-corrected chi connectivity index (χ3v) is 5.04. The van der Waals surface area contributed by atoms with Gasteiger partial charge in [-0.15, -0.1) is 0 Å². The van der Waals surface area contributed by atoms with Crippen LogP contribution in [0.3, 0.4) is 0 Å². The van der Waals surface area contributed by atoms with Crippen LogP contribution in [0.15, 0.2) is 11.1 Å². The van der Waals surface area contributed by atoms with Crippen LogP contribution in [0.25, 0.3) is 0 Å². The zero-order valence-electron chi connectivity index (χ0n) is 17.4. The molecule has 0 heterocycles. The molecule has 2 unspecified atom stereocenters. The highest BCUT2D eigenvalue weighted by Crippen LogP contribution is 2.43.